The molecule has 1 aromatic rings. The van der Waals surface area contributed by atoms with Gasteiger partial charge in [0.2, 0.25) is 5.91 Å². The summed E-state index contributed by atoms with van der Waals surface area (Å²) in [7, 11) is 0. The average molecular weight is 436 g/mol. The van der Waals surface area contributed by atoms with Gasteiger partial charge in [0.05, 0.1) is 13.2 Å². The SMILES string of the molecule is CC#Cc1cc(C)c(C2C(=O)CC3(CCC(NC(=O)CC4COC4)CC3)CC2=O)c(C)c1. The second-order valence-electron chi connectivity index (χ2n) is 10.1. The molecule has 0 unspecified atom stereocenters. The van der Waals surface area contributed by atoms with Gasteiger partial charge < -0.3 is 10.1 Å². The van der Waals surface area contributed by atoms with Crippen LogP contribution in [-0.2, 0) is 19.1 Å². The first kappa shape index (κ1) is 22.7. The number of aryl methyl sites for hydroxylation is 2. The zero-order valence-corrected chi connectivity index (χ0v) is 19.4. The van der Waals surface area contributed by atoms with Crippen molar-refractivity contribution in [3.8, 4) is 11.8 Å². The van der Waals surface area contributed by atoms with Crippen molar-refractivity contribution in [2.45, 2.75) is 77.7 Å². The molecule has 0 bridgehead atoms. The van der Waals surface area contributed by atoms with E-state index in [4.69, 9.17) is 4.74 Å². The first-order valence-corrected chi connectivity index (χ1v) is 11.8. The van der Waals surface area contributed by atoms with Crippen molar-refractivity contribution >= 4 is 17.5 Å². The van der Waals surface area contributed by atoms with Crippen molar-refractivity contribution in [2.24, 2.45) is 11.3 Å². The Morgan fingerprint density at radius 2 is 1.69 bits per heavy atom. The van der Waals surface area contributed by atoms with Gasteiger partial charge in [-0.2, -0.15) is 0 Å². The lowest BCUT2D eigenvalue weighted by molar-refractivity contribution is -0.138. The third kappa shape index (κ3) is 4.66. The molecule has 1 spiro atoms. The topological polar surface area (TPSA) is 72.5 Å². The van der Waals surface area contributed by atoms with Gasteiger partial charge in [-0.25, -0.2) is 0 Å². The summed E-state index contributed by atoms with van der Waals surface area (Å²) in [5.74, 6) is 5.88. The second kappa shape index (κ2) is 9.19. The maximum atomic E-state index is 13.3. The number of nitrogens with one attached hydrogen (secondary N) is 1. The molecule has 170 valence electrons. The van der Waals surface area contributed by atoms with E-state index in [1.807, 2.05) is 26.0 Å². The molecule has 0 atom stereocenters. The molecule has 1 saturated heterocycles. The minimum atomic E-state index is -0.647. The predicted octanol–water partition coefficient (Wildman–Crippen LogP) is 3.77. The third-order valence-corrected chi connectivity index (χ3v) is 7.49. The smallest absolute Gasteiger partial charge is 0.220 e. The minimum absolute atomic E-state index is 0.0502. The molecule has 1 aliphatic heterocycles. The Bertz CT molecular complexity index is 944. The van der Waals surface area contributed by atoms with Gasteiger partial charge in [-0.3, -0.25) is 14.4 Å². The summed E-state index contributed by atoms with van der Waals surface area (Å²) in [6.45, 7) is 7.10. The van der Waals surface area contributed by atoms with Crippen molar-refractivity contribution in [3.63, 3.8) is 0 Å². The molecule has 1 aromatic carbocycles. The van der Waals surface area contributed by atoms with Crippen LogP contribution in [0.4, 0.5) is 0 Å². The third-order valence-electron chi connectivity index (χ3n) is 7.49. The van der Waals surface area contributed by atoms with Crippen LogP contribution in [-0.4, -0.2) is 36.7 Å². The number of benzene rings is 1. The van der Waals surface area contributed by atoms with E-state index in [2.05, 4.69) is 17.2 Å². The Hall–Kier alpha value is -2.45. The summed E-state index contributed by atoms with van der Waals surface area (Å²) in [4.78, 5) is 38.8. The van der Waals surface area contributed by atoms with Gasteiger partial charge in [-0.15, -0.1) is 5.92 Å². The van der Waals surface area contributed by atoms with Gasteiger partial charge >= 0.3 is 0 Å². The Kier molecular flexibility index (Phi) is 6.53. The van der Waals surface area contributed by atoms with E-state index in [-0.39, 0.29) is 28.9 Å². The van der Waals surface area contributed by atoms with Crippen LogP contribution in [0.5, 0.6) is 0 Å². The minimum Gasteiger partial charge on any atom is -0.381 e. The number of ether oxygens (including phenoxy) is 1. The summed E-state index contributed by atoms with van der Waals surface area (Å²) in [5, 5.41) is 3.15. The van der Waals surface area contributed by atoms with E-state index in [9.17, 15) is 14.4 Å². The van der Waals surface area contributed by atoms with Crippen LogP contribution in [0, 0.1) is 37.0 Å². The lowest BCUT2D eigenvalue weighted by Crippen LogP contribution is -2.46. The highest BCUT2D eigenvalue weighted by atomic mass is 16.5. The maximum Gasteiger partial charge on any atom is 0.220 e. The van der Waals surface area contributed by atoms with Crippen molar-refractivity contribution in [1.29, 1.82) is 0 Å². The molecule has 2 aliphatic carbocycles. The van der Waals surface area contributed by atoms with Crippen LogP contribution < -0.4 is 5.32 Å². The van der Waals surface area contributed by atoms with Crippen LogP contribution in [0.2, 0.25) is 0 Å². The molecule has 1 heterocycles. The van der Waals surface area contributed by atoms with E-state index in [0.717, 1.165) is 47.9 Å². The molecule has 3 aliphatic rings. The number of rotatable bonds is 4. The molecule has 2 saturated carbocycles. The average Bonchev–Trinajstić information content (AvgIpc) is 2.69. The van der Waals surface area contributed by atoms with Crippen LogP contribution in [0.25, 0.3) is 0 Å². The second-order valence-corrected chi connectivity index (χ2v) is 10.1. The van der Waals surface area contributed by atoms with Gasteiger partial charge in [0.15, 0.2) is 0 Å². The van der Waals surface area contributed by atoms with E-state index in [0.29, 0.717) is 38.4 Å². The summed E-state index contributed by atoms with van der Waals surface area (Å²) in [6.07, 6.45) is 4.75. The summed E-state index contributed by atoms with van der Waals surface area (Å²) >= 11 is 0. The maximum absolute atomic E-state index is 13.3. The first-order valence-electron chi connectivity index (χ1n) is 11.8. The monoisotopic (exact) mass is 435 g/mol. The zero-order valence-electron chi connectivity index (χ0n) is 19.4. The fourth-order valence-corrected chi connectivity index (χ4v) is 5.83. The fraction of sp³-hybridized carbons (Fsp3) is 0.593. The Labute approximate surface area is 190 Å². The Balaban J connectivity index is 1.40. The van der Waals surface area contributed by atoms with Gasteiger partial charge in [0.25, 0.3) is 0 Å². The molecule has 0 radical (unpaired) electrons. The molecular weight excluding hydrogens is 402 g/mol. The Morgan fingerprint density at radius 1 is 1.09 bits per heavy atom. The van der Waals surface area contributed by atoms with Crippen LogP contribution >= 0.6 is 0 Å². The van der Waals surface area contributed by atoms with Crippen molar-refractivity contribution in [1.82, 2.24) is 5.32 Å². The quantitative estimate of drug-likeness (QED) is 0.577. The van der Waals surface area contributed by atoms with Crippen molar-refractivity contribution in [3.05, 3.63) is 34.4 Å². The zero-order chi connectivity index (χ0) is 22.9. The molecule has 32 heavy (non-hydrogen) atoms. The van der Waals surface area contributed by atoms with Crippen molar-refractivity contribution < 1.29 is 19.1 Å². The number of amides is 1. The molecule has 1 amide bonds. The standard InChI is InChI=1S/C27H33NO4/c1-4-5-19-10-17(2)25(18(3)11-19)26-22(29)13-27(14-23(26)30)8-6-21(7-9-27)28-24(31)12-20-15-32-16-20/h10-11,20-21,26H,6-9,12-16H2,1-3H3,(H,28,31). The molecule has 1 N–H and O–H groups in total. The molecule has 3 fully saturated rings. The van der Waals surface area contributed by atoms with Gasteiger partial charge in [-0.1, -0.05) is 5.92 Å². The molecule has 5 nitrogen and oxygen atoms in total. The van der Waals surface area contributed by atoms with Gasteiger partial charge in [0, 0.05) is 36.8 Å². The van der Waals surface area contributed by atoms with E-state index < -0.39 is 5.92 Å². The van der Waals surface area contributed by atoms with Crippen molar-refractivity contribution in [2.75, 3.05) is 13.2 Å². The molecule has 4 rings (SSSR count). The van der Waals surface area contributed by atoms with Crippen LogP contribution in [0.15, 0.2) is 12.1 Å². The summed E-state index contributed by atoms with van der Waals surface area (Å²) in [5.41, 5.74) is 3.49. The van der Waals surface area contributed by atoms with Crippen LogP contribution in [0.1, 0.15) is 80.0 Å². The van der Waals surface area contributed by atoms with Crippen LogP contribution in [0.3, 0.4) is 0 Å². The lowest BCUT2D eigenvalue weighted by Gasteiger charge is -2.44. The van der Waals surface area contributed by atoms with E-state index in [1.54, 1.807) is 6.92 Å². The molecule has 5 heteroatoms. The Morgan fingerprint density at radius 3 is 2.19 bits per heavy atom. The number of carbonyl (C=O) groups is 3. The highest BCUT2D eigenvalue weighted by Gasteiger charge is 2.47. The number of Topliss-reactive ketones (excluding diaryl/α,β-unsaturated/α-hetero) is 2. The highest BCUT2D eigenvalue weighted by molar-refractivity contribution is 6.10. The lowest BCUT2D eigenvalue weighted by atomic mass is 9.60. The molecule has 0 aromatic heterocycles. The number of hydrogen-bond acceptors (Lipinski definition) is 4. The first-order chi connectivity index (χ1) is 15.3. The summed E-state index contributed by atoms with van der Waals surface area (Å²) < 4.78 is 5.14. The highest BCUT2D eigenvalue weighted by Crippen LogP contribution is 2.49. The molecular formula is C27H33NO4. The summed E-state index contributed by atoms with van der Waals surface area (Å²) in [6, 6.07) is 4.11. The van der Waals surface area contributed by atoms with Gasteiger partial charge in [-0.05, 0) is 80.7 Å². The largest absolute Gasteiger partial charge is 0.381 e. The predicted molar refractivity (Wildman–Crippen MR) is 122 cm³/mol. The normalized spacial score (nSPS) is 28.1. The number of hydrogen-bond donors (Lipinski definition) is 1. The van der Waals surface area contributed by atoms with E-state index in [1.165, 1.54) is 0 Å². The number of ketones is 2. The van der Waals surface area contributed by atoms with Gasteiger partial charge in [0.1, 0.15) is 17.5 Å². The number of carbonyl (C=O) groups excluding carboxylic acids is 3. The van der Waals surface area contributed by atoms with E-state index >= 15 is 0 Å². The fourth-order valence-electron chi connectivity index (χ4n) is 5.83.